The molecule has 0 aromatic carbocycles. The minimum Gasteiger partial charge on any atom is -0.478 e. The van der Waals surface area contributed by atoms with Gasteiger partial charge in [-0.1, -0.05) is 6.58 Å². The Kier molecular flexibility index (Phi) is 9.94. The lowest BCUT2D eigenvalue weighted by Gasteiger charge is -1.91. The first-order chi connectivity index (χ1) is 6.45. The lowest BCUT2D eigenvalue weighted by molar-refractivity contribution is -0.132. The van der Waals surface area contributed by atoms with Crippen molar-refractivity contribution in [2.75, 3.05) is 6.61 Å². The Labute approximate surface area is 81.8 Å². The summed E-state index contributed by atoms with van der Waals surface area (Å²) < 4.78 is 0. The van der Waals surface area contributed by atoms with E-state index < -0.39 is 12.0 Å². The third kappa shape index (κ3) is 12.9. The van der Waals surface area contributed by atoms with Crippen LogP contribution in [0, 0.1) is 0 Å². The van der Waals surface area contributed by atoms with Crippen LogP contribution in [-0.4, -0.2) is 35.0 Å². The topological polar surface area (TPSA) is 113 Å². The van der Waals surface area contributed by atoms with Crippen LogP contribution in [0.15, 0.2) is 17.1 Å². The highest BCUT2D eigenvalue weighted by molar-refractivity contribution is 5.85. The number of nitrogens with zero attached hydrogens (tertiary/aromatic N) is 1. The van der Waals surface area contributed by atoms with Crippen molar-refractivity contribution in [2.24, 2.45) is 10.7 Å². The second kappa shape index (κ2) is 9.40. The predicted octanol–water partition coefficient (Wildman–Crippen LogP) is 0.165. The first-order valence-corrected chi connectivity index (χ1v) is 3.75. The van der Waals surface area contributed by atoms with Gasteiger partial charge in [0.05, 0.1) is 0 Å². The number of rotatable bonds is 3. The van der Waals surface area contributed by atoms with Crippen LogP contribution in [0.2, 0.25) is 0 Å². The van der Waals surface area contributed by atoms with E-state index >= 15 is 0 Å². The Hall–Kier alpha value is -1.69. The number of carboxylic acid groups (broad SMARTS) is 1. The fourth-order valence-electron chi connectivity index (χ4n) is 0.369. The second-order valence-corrected chi connectivity index (χ2v) is 2.11. The number of hydrogen-bond acceptors (Lipinski definition) is 3. The van der Waals surface area contributed by atoms with E-state index in [1.807, 2.05) is 0 Å². The molecule has 14 heavy (non-hydrogen) atoms. The summed E-state index contributed by atoms with van der Waals surface area (Å²) in [5.41, 5.74) is 4.61. The average molecular weight is 202 g/mol. The van der Waals surface area contributed by atoms with Crippen molar-refractivity contribution in [3.05, 3.63) is 12.2 Å². The number of carbonyl (C=O) groups is 2. The number of primary amides is 1. The summed E-state index contributed by atoms with van der Waals surface area (Å²) in [5.74, 6) is -1.04. The number of carbonyl (C=O) groups excluding carboxylic acids is 1. The first kappa shape index (κ1) is 14.8. The summed E-state index contributed by atoms with van der Waals surface area (Å²) in [6.07, 6.45) is 1.50. The highest BCUT2D eigenvalue weighted by Crippen LogP contribution is 1.94. The van der Waals surface area contributed by atoms with Gasteiger partial charge in [-0.05, 0) is 6.92 Å². The number of aliphatic hydroxyl groups excluding tert-OH is 1. The third-order valence-corrected chi connectivity index (χ3v) is 0.972. The van der Waals surface area contributed by atoms with E-state index in [1.165, 1.54) is 6.21 Å². The molecule has 0 saturated carbocycles. The number of urea groups is 1. The molecule has 0 saturated heterocycles. The molecule has 0 aliphatic rings. The molecule has 0 rings (SSSR count). The molecular formula is C8H14N2O4. The monoisotopic (exact) mass is 202 g/mol. The first-order valence-electron chi connectivity index (χ1n) is 3.75. The van der Waals surface area contributed by atoms with Gasteiger partial charge in [0.2, 0.25) is 0 Å². The van der Waals surface area contributed by atoms with Crippen LogP contribution < -0.4 is 5.73 Å². The number of nitrogens with two attached hydrogens (primary N) is 1. The largest absolute Gasteiger partial charge is 0.478 e. The molecule has 0 aliphatic heterocycles. The van der Waals surface area contributed by atoms with Crippen molar-refractivity contribution < 1.29 is 19.8 Å². The SMILES string of the molecule is C=C(CCO)C(=O)O.CC=NC(N)=O. The summed E-state index contributed by atoms with van der Waals surface area (Å²) >= 11 is 0. The highest BCUT2D eigenvalue weighted by Gasteiger charge is 1.99. The van der Waals surface area contributed by atoms with Crippen molar-refractivity contribution in [3.8, 4) is 0 Å². The van der Waals surface area contributed by atoms with Gasteiger partial charge in [0.15, 0.2) is 0 Å². The molecular weight excluding hydrogens is 188 g/mol. The zero-order valence-electron chi connectivity index (χ0n) is 7.93. The maximum atomic E-state index is 9.88. The number of amides is 2. The Bertz CT molecular complexity index is 235. The van der Waals surface area contributed by atoms with Crippen molar-refractivity contribution in [3.63, 3.8) is 0 Å². The van der Waals surface area contributed by atoms with Gasteiger partial charge in [0.25, 0.3) is 0 Å². The number of hydrogen-bond donors (Lipinski definition) is 3. The molecule has 2 amide bonds. The van der Waals surface area contributed by atoms with E-state index in [4.69, 9.17) is 10.2 Å². The quantitative estimate of drug-likeness (QED) is 0.447. The average Bonchev–Trinajstić information content (AvgIpc) is 2.05. The maximum Gasteiger partial charge on any atom is 0.337 e. The molecule has 0 bridgehead atoms. The van der Waals surface area contributed by atoms with E-state index in [-0.39, 0.29) is 18.6 Å². The Balaban J connectivity index is 0. The zero-order chi connectivity index (χ0) is 11.6. The van der Waals surface area contributed by atoms with Gasteiger partial charge in [0, 0.05) is 24.8 Å². The van der Waals surface area contributed by atoms with Gasteiger partial charge in [0.1, 0.15) is 0 Å². The maximum absolute atomic E-state index is 9.88. The van der Waals surface area contributed by atoms with E-state index in [9.17, 15) is 9.59 Å². The number of aliphatic imine (C=N–C) groups is 1. The lowest BCUT2D eigenvalue weighted by atomic mass is 10.2. The van der Waals surface area contributed by atoms with E-state index in [0.717, 1.165) is 0 Å². The van der Waals surface area contributed by atoms with E-state index in [2.05, 4.69) is 17.3 Å². The molecule has 0 atom stereocenters. The van der Waals surface area contributed by atoms with Gasteiger partial charge in [-0.25, -0.2) is 14.6 Å². The summed E-state index contributed by atoms with van der Waals surface area (Å²) in [6, 6.07) is -0.641. The summed E-state index contributed by atoms with van der Waals surface area (Å²) in [7, 11) is 0. The summed E-state index contributed by atoms with van der Waals surface area (Å²) in [6.45, 7) is 4.67. The number of carboxylic acids is 1. The molecule has 4 N–H and O–H groups in total. The van der Waals surface area contributed by atoms with Crippen LogP contribution in [0.3, 0.4) is 0 Å². The van der Waals surface area contributed by atoms with Crippen molar-refractivity contribution in [2.45, 2.75) is 13.3 Å². The fourth-order valence-corrected chi connectivity index (χ4v) is 0.369. The smallest absolute Gasteiger partial charge is 0.337 e. The molecule has 0 heterocycles. The number of aliphatic hydroxyl groups is 1. The second-order valence-electron chi connectivity index (χ2n) is 2.11. The lowest BCUT2D eigenvalue weighted by Crippen LogP contribution is -2.02. The normalized spacial score (nSPS) is 9.00. The van der Waals surface area contributed by atoms with E-state index in [0.29, 0.717) is 0 Å². The van der Waals surface area contributed by atoms with Gasteiger partial charge >= 0.3 is 12.0 Å². The van der Waals surface area contributed by atoms with Crippen molar-refractivity contribution >= 4 is 18.2 Å². The van der Waals surface area contributed by atoms with Crippen molar-refractivity contribution in [1.29, 1.82) is 0 Å². The van der Waals surface area contributed by atoms with E-state index in [1.54, 1.807) is 6.92 Å². The zero-order valence-corrected chi connectivity index (χ0v) is 7.93. The predicted molar refractivity (Wildman–Crippen MR) is 52.2 cm³/mol. The van der Waals surface area contributed by atoms with Crippen molar-refractivity contribution in [1.82, 2.24) is 0 Å². The Morgan fingerprint density at radius 1 is 1.57 bits per heavy atom. The fraction of sp³-hybridized carbons (Fsp3) is 0.375. The van der Waals surface area contributed by atoms with Crippen LogP contribution in [-0.2, 0) is 4.79 Å². The molecule has 0 aromatic rings. The van der Waals surface area contributed by atoms with Crippen LogP contribution in [0.4, 0.5) is 4.79 Å². The molecule has 0 unspecified atom stereocenters. The molecule has 80 valence electrons. The molecule has 0 spiro atoms. The molecule has 6 heteroatoms. The highest BCUT2D eigenvalue weighted by atomic mass is 16.4. The molecule has 0 aliphatic carbocycles. The minimum atomic E-state index is -1.04. The molecule has 0 radical (unpaired) electrons. The van der Waals surface area contributed by atoms with Crippen LogP contribution >= 0.6 is 0 Å². The van der Waals surface area contributed by atoms with Crippen LogP contribution in [0.25, 0.3) is 0 Å². The Morgan fingerprint density at radius 2 is 2.07 bits per heavy atom. The Morgan fingerprint density at radius 3 is 2.14 bits per heavy atom. The minimum absolute atomic E-state index is 0.0486. The molecule has 6 nitrogen and oxygen atoms in total. The van der Waals surface area contributed by atoms with Gasteiger partial charge in [-0.2, -0.15) is 0 Å². The summed E-state index contributed by atoms with van der Waals surface area (Å²) in [4.78, 5) is 22.6. The van der Waals surface area contributed by atoms with Gasteiger partial charge in [-0.3, -0.25) is 0 Å². The van der Waals surface area contributed by atoms with Crippen LogP contribution in [0.1, 0.15) is 13.3 Å². The number of aliphatic carboxylic acids is 1. The van der Waals surface area contributed by atoms with Crippen LogP contribution in [0.5, 0.6) is 0 Å². The molecule has 0 aromatic heterocycles. The standard InChI is InChI=1S/C5H8O3.C3H6N2O/c1-4(2-3-6)5(7)8;1-2-5-3(4)6/h6H,1-3H2,(H,7,8);2H,1H3,(H2,4,6). The molecule has 0 fully saturated rings. The van der Waals surface area contributed by atoms with Gasteiger partial charge < -0.3 is 15.9 Å². The van der Waals surface area contributed by atoms with Gasteiger partial charge in [-0.15, -0.1) is 0 Å². The third-order valence-electron chi connectivity index (χ3n) is 0.972. The summed E-state index contributed by atoms with van der Waals surface area (Å²) in [5, 5.41) is 16.3.